The van der Waals surface area contributed by atoms with Crippen LogP contribution in [-0.2, 0) is 22.4 Å². The van der Waals surface area contributed by atoms with Crippen molar-refractivity contribution in [2.24, 2.45) is 10.8 Å². The lowest BCUT2D eigenvalue weighted by molar-refractivity contribution is -0.150. The van der Waals surface area contributed by atoms with Gasteiger partial charge in [0.25, 0.3) is 0 Å². The Bertz CT molecular complexity index is 1380. The molecule has 0 saturated heterocycles. The fourth-order valence-corrected chi connectivity index (χ4v) is 6.93. The molecule has 40 heavy (non-hydrogen) atoms. The molecule has 11 heteroatoms. The highest BCUT2D eigenvalue weighted by Gasteiger charge is 2.39. The van der Waals surface area contributed by atoms with Gasteiger partial charge >= 0.3 is 6.18 Å². The zero-order valence-corrected chi connectivity index (χ0v) is 25.1. The van der Waals surface area contributed by atoms with Crippen LogP contribution in [0.4, 0.5) is 13.2 Å². The maximum atomic E-state index is 13.6. The molecule has 0 radical (unpaired) electrons. The summed E-state index contributed by atoms with van der Waals surface area (Å²) >= 11 is 0. The molecule has 1 aliphatic rings. The van der Waals surface area contributed by atoms with Gasteiger partial charge in [0, 0.05) is 36.4 Å². The molecule has 1 aliphatic heterocycles. The highest BCUT2D eigenvalue weighted by Crippen LogP contribution is 2.32. The highest BCUT2D eigenvalue weighted by molar-refractivity contribution is 6.90. The molecule has 0 aliphatic carbocycles. The topological polar surface area (TPSA) is 79.1 Å². The van der Waals surface area contributed by atoms with Gasteiger partial charge in [0.2, 0.25) is 11.7 Å². The number of fused-ring (bicyclic) bond motifs is 4. The van der Waals surface area contributed by atoms with Gasteiger partial charge < -0.3 is 9.47 Å². The Balaban J connectivity index is 1.60. The fourth-order valence-electron chi connectivity index (χ4n) is 4.54. The molecule has 0 fully saturated rings. The van der Waals surface area contributed by atoms with Gasteiger partial charge in [0.15, 0.2) is 5.82 Å². The van der Waals surface area contributed by atoms with E-state index >= 15 is 0 Å². The Hall–Kier alpha value is -3.05. The molecule has 7 nitrogen and oxygen atoms in total. The zero-order chi connectivity index (χ0) is 29.5. The monoisotopic (exact) mass is 574 g/mol. The largest absolute Gasteiger partial charge is 0.477 e. The van der Waals surface area contributed by atoms with E-state index in [9.17, 15) is 18.0 Å². The van der Waals surface area contributed by atoms with Crippen molar-refractivity contribution in [1.82, 2.24) is 19.7 Å². The number of Topliss-reactive ketones (excluding diaryl/α,β-unsaturated/α-hetero) is 1. The summed E-state index contributed by atoms with van der Waals surface area (Å²) in [4.78, 5) is 21.1. The van der Waals surface area contributed by atoms with E-state index in [0.717, 1.165) is 27.0 Å². The zero-order valence-electron chi connectivity index (χ0n) is 24.1. The van der Waals surface area contributed by atoms with Crippen molar-refractivity contribution >= 4 is 19.0 Å². The van der Waals surface area contributed by atoms with Gasteiger partial charge in [-0.25, -0.2) is 14.6 Å². The molecule has 216 valence electrons. The van der Waals surface area contributed by atoms with Crippen LogP contribution in [0, 0.1) is 10.8 Å². The van der Waals surface area contributed by atoms with Gasteiger partial charge in [-0.2, -0.15) is 13.2 Å². The SMILES string of the molecule is CC(C)(C)CC(=O)C(C)(C)COc1ccc(-c2ccc3c(c2)[Si](C)(C)CCOCn2nc-3nc2C(F)(F)F)cn1. The third kappa shape index (κ3) is 6.80. The van der Waals surface area contributed by atoms with Crippen LogP contribution in [0.25, 0.3) is 22.5 Å². The highest BCUT2D eigenvalue weighted by atomic mass is 28.3. The maximum Gasteiger partial charge on any atom is 0.451 e. The molecule has 3 aromatic rings. The van der Waals surface area contributed by atoms with Crippen LogP contribution in [0.2, 0.25) is 19.1 Å². The molecule has 0 saturated carbocycles. The first kappa shape index (κ1) is 29.9. The number of aromatic nitrogens is 4. The minimum atomic E-state index is -4.64. The molecule has 2 bridgehead atoms. The van der Waals surface area contributed by atoms with E-state index in [1.165, 1.54) is 0 Å². The maximum absolute atomic E-state index is 13.6. The van der Waals surface area contributed by atoms with Crippen molar-refractivity contribution in [2.75, 3.05) is 13.2 Å². The molecule has 0 unspecified atom stereocenters. The molecule has 0 amide bonds. The number of benzene rings is 1. The minimum absolute atomic E-state index is 0.0467. The van der Waals surface area contributed by atoms with E-state index in [-0.39, 0.29) is 30.4 Å². The van der Waals surface area contributed by atoms with Crippen molar-refractivity contribution in [1.29, 1.82) is 0 Å². The van der Waals surface area contributed by atoms with Crippen LogP contribution in [0.15, 0.2) is 36.5 Å². The van der Waals surface area contributed by atoms with Gasteiger partial charge in [0.1, 0.15) is 19.1 Å². The first-order chi connectivity index (χ1) is 18.5. The second-order valence-corrected chi connectivity index (χ2v) is 17.7. The number of halogens is 3. The summed E-state index contributed by atoms with van der Waals surface area (Å²) in [5, 5.41) is 5.12. The van der Waals surface area contributed by atoms with E-state index in [1.54, 1.807) is 18.3 Å². The van der Waals surface area contributed by atoms with E-state index < -0.39 is 25.5 Å². The van der Waals surface area contributed by atoms with Gasteiger partial charge in [-0.1, -0.05) is 52.1 Å². The third-order valence-electron chi connectivity index (χ3n) is 7.10. The van der Waals surface area contributed by atoms with Gasteiger partial charge in [-0.3, -0.25) is 4.79 Å². The van der Waals surface area contributed by atoms with E-state index in [2.05, 4.69) is 28.2 Å². The van der Waals surface area contributed by atoms with Crippen LogP contribution in [0.1, 0.15) is 46.9 Å². The summed E-state index contributed by atoms with van der Waals surface area (Å²) in [5.74, 6) is -0.462. The lowest BCUT2D eigenvalue weighted by Gasteiger charge is -2.27. The molecule has 0 atom stereocenters. The molecule has 0 N–H and O–H groups in total. The van der Waals surface area contributed by atoms with Gasteiger partial charge in [0.05, 0.1) is 13.5 Å². The number of ether oxygens (including phenoxy) is 2. The quantitative estimate of drug-likeness (QED) is 0.320. The Morgan fingerprint density at radius 3 is 2.40 bits per heavy atom. The van der Waals surface area contributed by atoms with E-state index in [0.29, 0.717) is 24.5 Å². The number of carbonyl (C=O) groups is 1. The molecule has 1 aromatic carbocycles. The van der Waals surface area contributed by atoms with Crippen molar-refractivity contribution in [3.05, 3.63) is 42.4 Å². The van der Waals surface area contributed by atoms with Crippen LogP contribution < -0.4 is 9.92 Å². The van der Waals surface area contributed by atoms with Crippen molar-refractivity contribution in [3.8, 4) is 28.4 Å². The lowest BCUT2D eigenvalue weighted by atomic mass is 9.79. The van der Waals surface area contributed by atoms with E-state index in [1.807, 2.05) is 52.8 Å². The summed E-state index contributed by atoms with van der Waals surface area (Å²) in [5.41, 5.74) is 1.59. The van der Waals surface area contributed by atoms with Crippen molar-refractivity contribution in [3.63, 3.8) is 0 Å². The number of pyridine rings is 1. The van der Waals surface area contributed by atoms with Gasteiger partial charge in [-0.15, -0.1) is 5.10 Å². The predicted octanol–water partition coefficient (Wildman–Crippen LogP) is 6.34. The Labute approximate surface area is 234 Å². The predicted molar refractivity (Wildman–Crippen MR) is 150 cm³/mol. The summed E-state index contributed by atoms with van der Waals surface area (Å²) in [7, 11) is -2.14. The molecule has 2 aromatic heterocycles. The van der Waals surface area contributed by atoms with Gasteiger partial charge in [-0.05, 0) is 42.1 Å². The number of hydrogen-bond donors (Lipinski definition) is 0. The standard InChI is InChI=1S/C29H37F3N4O3Si/c1-27(2,3)15-23(37)28(4,5)17-39-24-11-9-20(16-33-24)19-8-10-21-22(14-19)40(6,7)13-12-38-18-36-26(29(30,31)32)34-25(21)35-36/h8-11,14,16H,12-13,15,17-18H2,1-7H3. The van der Waals surface area contributed by atoms with Crippen LogP contribution in [0.5, 0.6) is 5.88 Å². The second-order valence-electron chi connectivity index (χ2n) is 12.9. The Morgan fingerprint density at radius 1 is 1.07 bits per heavy atom. The summed E-state index contributed by atoms with van der Waals surface area (Å²) in [6.07, 6.45) is -2.47. The molecular weight excluding hydrogens is 537 g/mol. The number of alkyl halides is 3. The second kappa shape index (κ2) is 10.7. The first-order valence-electron chi connectivity index (χ1n) is 13.3. The Morgan fingerprint density at radius 2 is 1.77 bits per heavy atom. The lowest BCUT2D eigenvalue weighted by Crippen LogP contribution is -2.43. The van der Waals surface area contributed by atoms with E-state index in [4.69, 9.17) is 9.47 Å². The van der Waals surface area contributed by atoms with Crippen molar-refractivity contribution < 1.29 is 27.4 Å². The van der Waals surface area contributed by atoms with Crippen LogP contribution in [-0.4, -0.2) is 46.8 Å². The van der Waals surface area contributed by atoms with Crippen molar-refractivity contribution in [2.45, 2.75) is 73.1 Å². The summed E-state index contributed by atoms with van der Waals surface area (Å²) < 4.78 is 53.1. The summed E-state index contributed by atoms with van der Waals surface area (Å²) in [6, 6.07) is 10.1. The average Bonchev–Trinajstić information content (AvgIpc) is 3.28. The number of carbonyl (C=O) groups excluding carboxylic acids is 1. The molecule has 4 rings (SSSR count). The molecular formula is C29H37F3N4O3Si. The minimum Gasteiger partial charge on any atom is -0.477 e. The first-order valence-corrected chi connectivity index (χ1v) is 16.5. The molecule has 3 heterocycles. The van der Waals surface area contributed by atoms with Crippen LogP contribution >= 0.6 is 0 Å². The normalized spacial score (nSPS) is 15.8. The fraction of sp³-hybridized carbons (Fsp3) is 0.517. The number of hydrogen-bond acceptors (Lipinski definition) is 6. The summed E-state index contributed by atoms with van der Waals surface area (Å²) in [6.45, 7) is 14.5. The number of rotatable bonds is 6. The Kier molecular flexibility index (Phi) is 8.03. The van der Waals surface area contributed by atoms with Crippen LogP contribution in [0.3, 0.4) is 0 Å². The smallest absolute Gasteiger partial charge is 0.451 e. The number of nitrogens with zero attached hydrogens (tertiary/aromatic N) is 4. The third-order valence-corrected chi connectivity index (χ3v) is 10.4. The number of ketones is 1. The molecule has 0 spiro atoms. The average molecular weight is 575 g/mol.